The van der Waals surface area contributed by atoms with E-state index in [1.165, 1.54) is 0 Å². The van der Waals surface area contributed by atoms with Gasteiger partial charge >= 0.3 is 0 Å². The van der Waals surface area contributed by atoms with Crippen molar-refractivity contribution in [3.8, 4) is 5.75 Å². The van der Waals surface area contributed by atoms with Gasteiger partial charge in [-0.1, -0.05) is 32.0 Å². The van der Waals surface area contributed by atoms with Crippen LogP contribution in [0.3, 0.4) is 0 Å². The van der Waals surface area contributed by atoms with Gasteiger partial charge in [0.15, 0.2) is 11.5 Å². The number of nitrogens with one attached hydrogen (secondary N) is 1. The van der Waals surface area contributed by atoms with E-state index < -0.39 is 0 Å². The molecule has 0 aliphatic rings. The first-order valence-corrected chi connectivity index (χ1v) is 9.85. The molecule has 2 aromatic heterocycles. The molecule has 1 N–H and O–H groups in total. The van der Waals surface area contributed by atoms with Gasteiger partial charge < -0.3 is 10.1 Å². The predicted octanol–water partition coefficient (Wildman–Crippen LogP) is 4.89. The molecule has 4 aromatic rings. The van der Waals surface area contributed by atoms with Gasteiger partial charge in [-0.05, 0) is 49.2 Å². The number of aromatic nitrogens is 3. The minimum Gasteiger partial charge on any atom is -0.494 e. The number of amides is 1. The second-order valence-corrected chi connectivity index (χ2v) is 7.39. The fourth-order valence-electron chi connectivity index (χ4n) is 3.31. The summed E-state index contributed by atoms with van der Waals surface area (Å²) in [6, 6.07) is 17.1. The number of rotatable bonds is 6. The molecule has 0 bridgehead atoms. The second kappa shape index (κ2) is 7.91. The highest BCUT2D eigenvalue weighted by molar-refractivity contribution is 6.08. The highest BCUT2D eigenvalue weighted by Gasteiger charge is 2.17. The van der Waals surface area contributed by atoms with Crippen LogP contribution in [-0.4, -0.2) is 27.3 Å². The Kier molecular flexibility index (Phi) is 5.16. The SMILES string of the molecule is CCOc1ccc(C(=O)Nc2nn(CC(C)C)c3nc4ccccc4cc23)cc1. The Balaban J connectivity index is 1.72. The molecule has 0 saturated heterocycles. The molecule has 0 unspecified atom stereocenters. The van der Waals surface area contributed by atoms with Crippen LogP contribution in [0.2, 0.25) is 0 Å². The minimum absolute atomic E-state index is 0.211. The van der Waals surface area contributed by atoms with Crippen LogP contribution in [0.1, 0.15) is 31.1 Å². The van der Waals surface area contributed by atoms with Gasteiger partial charge in [-0.2, -0.15) is 5.10 Å². The summed E-state index contributed by atoms with van der Waals surface area (Å²) in [6.45, 7) is 7.50. The number of carbonyl (C=O) groups is 1. The first kappa shape index (κ1) is 18.9. The van der Waals surface area contributed by atoms with Gasteiger partial charge in [0.05, 0.1) is 17.5 Å². The molecule has 0 saturated carbocycles. The van der Waals surface area contributed by atoms with Crippen molar-refractivity contribution in [3.63, 3.8) is 0 Å². The fraction of sp³-hybridized carbons (Fsp3) is 0.261. The lowest BCUT2D eigenvalue weighted by atomic mass is 10.1. The summed E-state index contributed by atoms with van der Waals surface area (Å²) in [7, 11) is 0. The molecule has 0 fully saturated rings. The van der Waals surface area contributed by atoms with Crippen molar-refractivity contribution in [2.75, 3.05) is 11.9 Å². The molecule has 148 valence electrons. The predicted molar refractivity (Wildman–Crippen MR) is 115 cm³/mol. The molecule has 29 heavy (non-hydrogen) atoms. The third-order valence-electron chi connectivity index (χ3n) is 4.62. The molecular weight excluding hydrogens is 364 g/mol. The molecule has 0 aliphatic carbocycles. The van der Waals surface area contributed by atoms with Crippen molar-refractivity contribution >= 4 is 33.7 Å². The third-order valence-corrected chi connectivity index (χ3v) is 4.62. The number of benzene rings is 2. The zero-order valence-corrected chi connectivity index (χ0v) is 16.8. The van der Waals surface area contributed by atoms with Crippen molar-refractivity contribution in [1.82, 2.24) is 14.8 Å². The maximum Gasteiger partial charge on any atom is 0.256 e. The van der Waals surface area contributed by atoms with Crippen LogP contribution in [0.4, 0.5) is 5.82 Å². The van der Waals surface area contributed by atoms with Crippen LogP contribution in [0.5, 0.6) is 5.75 Å². The summed E-state index contributed by atoms with van der Waals surface area (Å²) in [5.41, 5.74) is 2.24. The smallest absolute Gasteiger partial charge is 0.256 e. The van der Waals surface area contributed by atoms with E-state index in [4.69, 9.17) is 9.72 Å². The van der Waals surface area contributed by atoms with Crippen LogP contribution in [0.25, 0.3) is 21.9 Å². The largest absolute Gasteiger partial charge is 0.494 e. The van der Waals surface area contributed by atoms with Crippen LogP contribution in [0.15, 0.2) is 54.6 Å². The lowest BCUT2D eigenvalue weighted by molar-refractivity contribution is 0.102. The van der Waals surface area contributed by atoms with Crippen molar-refractivity contribution < 1.29 is 9.53 Å². The van der Waals surface area contributed by atoms with Gasteiger partial charge in [0, 0.05) is 17.5 Å². The highest BCUT2D eigenvalue weighted by atomic mass is 16.5. The molecule has 0 aliphatic heterocycles. The maximum absolute atomic E-state index is 12.8. The van der Waals surface area contributed by atoms with E-state index in [1.807, 2.05) is 41.9 Å². The minimum atomic E-state index is -0.211. The van der Waals surface area contributed by atoms with Gasteiger partial charge in [0.2, 0.25) is 0 Å². The van der Waals surface area contributed by atoms with E-state index in [2.05, 4.69) is 24.3 Å². The summed E-state index contributed by atoms with van der Waals surface area (Å²) in [4.78, 5) is 17.6. The molecule has 4 rings (SSSR count). The summed E-state index contributed by atoms with van der Waals surface area (Å²) >= 11 is 0. The van der Waals surface area contributed by atoms with Gasteiger partial charge in [-0.25, -0.2) is 9.67 Å². The van der Waals surface area contributed by atoms with Gasteiger partial charge in [0.1, 0.15) is 5.75 Å². The monoisotopic (exact) mass is 388 g/mol. The van der Waals surface area contributed by atoms with E-state index in [0.717, 1.165) is 34.2 Å². The number of anilines is 1. The molecule has 0 spiro atoms. The Morgan fingerprint density at radius 3 is 2.62 bits per heavy atom. The zero-order chi connectivity index (χ0) is 20.4. The molecule has 0 atom stereocenters. The van der Waals surface area contributed by atoms with E-state index in [9.17, 15) is 4.79 Å². The Morgan fingerprint density at radius 1 is 1.14 bits per heavy atom. The molecular formula is C23H24N4O2. The first-order valence-electron chi connectivity index (χ1n) is 9.85. The molecule has 6 heteroatoms. The number of fused-ring (bicyclic) bond motifs is 2. The van der Waals surface area contributed by atoms with Crippen molar-refractivity contribution in [2.24, 2.45) is 5.92 Å². The standard InChI is InChI=1S/C23H24N4O2/c1-4-29-18-11-9-16(10-12-18)23(28)25-21-19-13-17-7-5-6-8-20(17)24-22(19)27(26-21)14-15(2)3/h5-13,15H,4,14H2,1-3H3,(H,25,26,28). The second-order valence-electron chi connectivity index (χ2n) is 7.39. The number of carbonyl (C=O) groups excluding carboxylic acids is 1. The summed E-state index contributed by atoms with van der Waals surface area (Å²) in [5, 5.41) is 9.47. The van der Waals surface area contributed by atoms with E-state index in [0.29, 0.717) is 23.9 Å². The van der Waals surface area contributed by atoms with Crippen LogP contribution < -0.4 is 10.1 Å². The topological polar surface area (TPSA) is 69.0 Å². The summed E-state index contributed by atoms with van der Waals surface area (Å²) in [6.07, 6.45) is 0. The Hall–Kier alpha value is -3.41. The quantitative estimate of drug-likeness (QED) is 0.510. The van der Waals surface area contributed by atoms with E-state index >= 15 is 0 Å². The number of nitrogens with zero attached hydrogens (tertiary/aromatic N) is 3. The number of hydrogen-bond acceptors (Lipinski definition) is 4. The van der Waals surface area contributed by atoms with Gasteiger partial charge in [-0.15, -0.1) is 0 Å². The van der Waals surface area contributed by atoms with Crippen LogP contribution in [-0.2, 0) is 6.54 Å². The Labute approximate surface area is 169 Å². The average Bonchev–Trinajstić information content (AvgIpc) is 3.02. The zero-order valence-electron chi connectivity index (χ0n) is 16.8. The Bertz CT molecular complexity index is 1160. The highest BCUT2D eigenvalue weighted by Crippen LogP contribution is 2.27. The van der Waals surface area contributed by atoms with Crippen LogP contribution in [0, 0.1) is 5.92 Å². The molecule has 1 amide bonds. The normalized spacial score (nSPS) is 11.3. The number of pyridine rings is 1. The number of hydrogen-bond donors (Lipinski definition) is 1. The Morgan fingerprint density at radius 2 is 1.90 bits per heavy atom. The molecule has 6 nitrogen and oxygen atoms in total. The maximum atomic E-state index is 12.8. The number of para-hydroxylation sites is 1. The van der Waals surface area contributed by atoms with E-state index in [-0.39, 0.29) is 5.91 Å². The van der Waals surface area contributed by atoms with E-state index in [1.54, 1.807) is 24.3 Å². The lowest BCUT2D eigenvalue weighted by Gasteiger charge is -2.06. The lowest BCUT2D eigenvalue weighted by Crippen LogP contribution is -2.13. The third kappa shape index (κ3) is 3.92. The first-order chi connectivity index (χ1) is 14.0. The summed E-state index contributed by atoms with van der Waals surface area (Å²) in [5.74, 6) is 1.46. The van der Waals surface area contributed by atoms with Gasteiger partial charge in [0.25, 0.3) is 5.91 Å². The molecule has 2 aromatic carbocycles. The average molecular weight is 388 g/mol. The van der Waals surface area contributed by atoms with Crippen molar-refractivity contribution in [1.29, 1.82) is 0 Å². The fourth-order valence-corrected chi connectivity index (χ4v) is 3.31. The summed E-state index contributed by atoms with van der Waals surface area (Å²) < 4.78 is 7.32. The van der Waals surface area contributed by atoms with Crippen LogP contribution >= 0.6 is 0 Å². The molecule has 0 radical (unpaired) electrons. The van der Waals surface area contributed by atoms with Crippen molar-refractivity contribution in [2.45, 2.75) is 27.3 Å². The number of ether oxygens (including phenoxy) is 1. The van der Waals surface area contributed by atoms with Gasteiger partial charge in [-0.3, -0.25) is 4.79 Å². The molecule has 2 heterocycles. The van der Waals surface area contributed by atoms with Crippen molar-refractivity contribution in [3.05, 3.63) is 60.2 Å².